The lowest BCUT2D eigenvalue weighted by molar-refractivity contribution is -0.140. The van der Waals surface area contributed by atoms with E-state index in [1.807, 2.05) is 7.05 Å². The summed E-state index contributed by atoms with van der Waals surface area (Å²) in [5.41, 5.74) is 0.555. The zero-order chi connectivity index (χ0) is 34.7. The summed E-state index contributed by atoms with van der Waals surface area (Å²) in [6.07, 6.45) is 2.30. The molecule has 1 saturated carbocycles. The van der Waals surface area contributed by atoms with Crippen LogP contribution in [0.5, 0.6) is 5.88 Å². The van der Waals surface area contributed by atoms with Crippen LogP contribution in [-0.4, -0.2) is 71.3 Å². The van der Waals surface area contributed by atoms with Crippen molar-refractivity contribution in [3.8, 4) is 28.7 Å². The summed E-state index contributed by atoms with van der Waals surface area (Å²) in [4.78, 5) is 38.8. The first-order valence-electron chi connectivity index (χ1n) is 16.3. The Labute approximate surface area is 280 Å². The molecular weight excluding hydrogens is 637 g/mol. The molecule has 1 N–H and O–H groups in total. The number of hydrogen-bond donors (Lipinski definition) is 1. The largest absolute Gasteiger partial charge is 0.480 e. The average molecular weight is 675 g/mol. The fraction of sp³-hybridized carbons (Fsp3) is 0.429. The van der Waals surface area contributed by atoms with Gasteiger partial charge in [0.1, 0.15) is 23.4 Å². The third-order valence-corrected chi connectivity index (χ3v) is 9.50. The number of ether oxygens (including phenoxy) is 1. The molecule has 2 aliphatic rings. The number of methoxy groups -OCH3 is 1. The molecular formula is C35H37F3N8O3. The molecule has 14 heteroatoms. The van der Waals surface area contributed by atoms with Crippen LogP contribution in [0, 0.1) is 0 Å². The van der Waals surface area contributed by atoms with Crippen LogP contribution in [0.2, 0.25) is 0 Å². The van der Waals surface area contributed by atoms with Crippen LogP contribution < -0.4 is 10.3 Å². The minimum Gasteiger partial charge on any atom is -0.480 e. The van der Waals surface area contributed by atoms with Gasteiger partial charge in [-0.25, -0.2) is 24.9 Å². The molecule has 0 radical (unpaired) electrons. The zero-order valence-electron chi connectivity index (χ0n) is 27.7. The molecule has 7 rings (SSSR count). The van der Waals surface area contributed by atoms with Crippen LogP contribution in [0.25, 0.3) is 33.8 Å². The summed E-state index contributed by atoms with van der Waals surface area (Å²) in [5, 5.41) is 12.4. The maximum absolute atomic E-state index is 14.4. The van der Waals surface area contributed by atoms with Gasteiger partial charge in [0.05, 0.1) is 24.9 Å². The second-order valence-electron chi connectivity index (χ2n) is 13.3. The van der Waals surface area contributed by atoms with Gasteiger partial charge in [-0.2, -0.15) is 13.2 Å². The molecule has 1 aromatic carbocycles. The Balaban J connectivity index is 1.34. The van der Waals surface area contributed by atoms with Gasteiger partial charge in [-0.15, -0.1) is 0 Å². The van der Waals surface area contributed by atoms with E-state index in [9.17, 15) is 23.1 Å². The number of likely N-dealkylation sites (tertiary alicyclic amines) is 1. The Morgan fingerprint density at radius 1 is 1.06 bits per heavy atom. The normalized spacial score (nSPS) is 16.8. The van der Waals surface area contributed by atoms with Crippen molar-refractivity contribution in [1.82, 2.24) is 39.0 Å². The minimum absolute atomic E-state index is 0.0835. The highest BCUT2D eigenvalue weighted by Gasteiger charge is 2.37. The molecule has 256 valence electrons. The maximum atomic E-state index is 14.4. The monoisotopic (exact) mass is 674 g/mol. The highest BCUT2D eigenvalue weighted by Crippen LogP contribution is 2.45. The number of hydrogen-bond acceptors (Lipinski definition) is 9. The smallest absolute Gasteiger partial charge is 0.434 e. The van der Waals surface area contributed by atoms with Gasteiger partial charge >= 0.3 is 6.18 Å². The van der Waals surface area contributed by atoms with Crippen LogP contribution in [0.4, 0.5) is 13.2 Å². The van der Waals surface area contributed by atoms with E-state index in [0.29, 0.717) is 65.4 Å². The molecule has 1 aliphatic heterocycles. The number of benzene rings is 1. The van der Waals surface area contributed by atoms with E-state index >= 15 is 0 Å². The van der Waals surface area contributed by atoms with Gasteiger partial charge in [0.15, 0.2) is 11.5 Å². The van der Waals surface area contributed by atoms with Crippen LogP contribution in [-0.2, 0) is 18.3 Å². The van der Waals surface area contributed by atoms with Gasteiger partial charge in [0, 0.05) is 54.0 Å². The van der Waals surface area contributed by atoms with Crippen molar-refractivity contribution >= 4 is 11.0 Å². The standard InChI is InChI=1S/C35H37F3N8O3/c1-20(2)45-18-26(35(36,37)38)42-30(45)23-7-5-21(6-8-23)17-46-31-24(15-25(33(46)47)34(48)11-13-44(3)14-12-34)16-39-29(43-31)27-28(22-9-10-22)40-19-41-32(27)49-4/h5-8,15-16,18-20,22,48H,9-14,17H2,1-4H3. The van der Waals surface area contributed by atoms with Crippen molar-refractivity contribution in [3.05, 3.63) is 81.9 Å². The summed E-state index contributed by atoms with van der Waals surface area (Å²) in [5.74, 6) is 1.10. The summed E-state index contributed by atoms with van der Waals surface area (Å²) in [6, 6.07) is 8.37. The topological polar surface area (TPSA) is 124 Å². The van der Waals surface area contributed by atoms with E-state index in [2.05, 4.69) is 24.8 Å². The van der Waals surface area contributed by atoms with E-state index in [0.717, 1.165) is 24.7 Å². The molecule has 11 nitrogen and oxygen atoms in total. The molecule has 5 aromatic rings. The van der Waals surface area contributed by atoms with E-state index in [-0.39, 0.29) is 35.5 Å². The van der Waals surface area contributed by atoms with Crippen LogP contribution in [0.15, 0.2) is 53.8 Å². The van der Waals surface area contributed by atoms with Crippen molar-refractivity contribution in [2.45, 2.75) is 69.8 Å². The van der Waals surface area contributed by atoms with Crippen molar-refractivity contribution in [3.63, 3.8) is 0 Å². The quantitative estimate of drug-likeness (QED) is 0.225. The third kappa shape index (κ3) is 6.19. The Morgan fingerprint density at radius 2 is 1.78 bits per heavy atom. The fourth-order valence-corrected chi connectivity index (χ4v) is 6.51. The van der Waals surface area contributed by atoms with Crippen molar-refractivity contribution < 1.29 is 23.0 Å². The summed E-state index contributed by atoms with van der Waals surface area (Å²) < 4.78 is 49.2. The number of rotatable bonds is 8. The number of pyridine rings is 1. The van der Waals surface area contributed by atoms with Gasteiger partial charge < -0.3 is 19.3 Å². The highest BCUT2D eigenvalue weighted by molar-refractivity contribution is 5.79. The van der Waals surface area contributed by atoms with Crippen LogP contribution in [0.3, 0.4) is 0 Å². The number of piperidine rings is 1. The molecule has 5 heterocycles. The number of fused-ring (bicyclic) bond motifs is 1. The SMILES string of the molecule is COc1ncnc(C2CC2)c1-c1ncc2cc(C3(O)CCN(C)CC3)c(=O)n(Cc3ccc(-c4nc(C(F)(F)F)cn4C(C)C)cc3)c2n1. The summed E-state index contributed by atoms with van der Waals surface area (Å²) in [7, 11) is 3.50. The lowest BCUT2D eigenvalue weighted by Gasteiger charge is -2.36. The Morgan fingerprint density at radius 3 is 2.41 bits per heavy atom. The first kappa shape index (κ1) is 32.8. The lowest BCUT2D eigenvalue weighted by atomic mass is 9.85. The second kappa shape index (κ2) is 12.3. The second-order valence-corrected chi connectivity index (χ2v) is 13.3. The van der Waals surface area contributed by atoms with E-state index in [1.165, 1.54) is 22.6 Å². The fourth-order valence-electron chi connectivity index (χ4n) is 6.51. The number of aromatic nitrogens is 7. The van der Waals surface area contributed by atoms with Crippen molar-refractivity contribution in [1.29, 1.82) is 0 Å². The maximum Gasteiger partial charge on any atom is 0.434 e. The van der Waals surface area contributed by atoms with E-state index in [1.54, 1.807) is 50.4 Å². The van der Waals surface area contributed by atoms with Crippen LogP contribution in [0.1, 0.15) is 74.0 Å². The number of imidazole rings is 1. The molecule has 0 atom stereocenters. The Bertz CT molecular complexity index is 2080. The predicted octanol–water partition coefficient (Wildman–Crippen LogP) is 5.56. The van der Waals surface area contributed by atoms with Gasteiger partial charge in [0.2, 0.25) is 5.88 Å². The lowest BCUT2D eigenvalue weighted by Crippen LogP contribution is -2.44. The molecule has 0 amide bonds. The molecule has 0 unspecified atom stereocenters. The van der Waals surface area contributed by atoms with E-state index in [4.69, 9.17) is 9.72 Å². The summed E-state index contributed by atoms with van der Waals surface area (Å²) >= 11 is 0. The highest BCUT2D eigenvalue weighted by atomic mass is 19.4. The third-order valence-electron chi connectivity index (χ3n) is 9.50. The van der Waals surface area contributed by atoms with Gasteiger partial charge in [-0.1, -0.05) is 24.3 Å². The Kier molecular flexibility index (Phi) is 8.26. The average Bonchev–Trinajstić information content (AvgIpc) is 3.83. The van der Waals surface area contributed by atoms with Gasteiger partial charge in [0.25, 0.3) is 5.56 Å². The first-order chi connectivity index (χ1) is 23.4. The molecule has 49 heavy (non-hydrogen) atoms. The molecule has 4 aromatic heterocycles. The molecule has 0 spiro atoms. The van der Waals surface area contributed by atoms with Gasteiger partial charge in [-0.05, 0) is 58.2 Å². The van der Waals surface area contributed by atoms with Gasteiger partial charge in [-0.3, -0.25) is 9.36 Å². The first-order valence-corrected chi connectivity index (χ1v) is 16.3. The van der Waals surface area contributed by atoms with Crippen molar-refractivity contribution in [2.75, 3.05) is 27.2 Å². The van der Waals surface area contributed by atoms with Crippen LogP contribution >= 0.6 is 0 Å². The molecule has 0 bridgehead atoms. The zero-order valence-corrected chi connectivity index (χ0v) is 27.7. The Hall–Kier alpha value is -4.69. The van der Waals surface area contributed by atoms with Crippen molar-refractivity contribution in [2.24, 2.45) is 0 Å². The number of nitrogens with zero attached hydrogens (tertiary/aromatic N) is 8. The molecule has 2 fully saturated rings. The van der Waals surface area contributed by atoms with E-state index < -0.39 is 17.5 Å². The predicted molar refractivity (Wildman–Crippen MR) is 176 cm³/mol. The number of halogens is 3. The molecule has 1 saturated heterocycles. The summed E-state index contributed by atoms with van der Waals surface area (Å²) in [6.45, 7) is 4.93. The molecule has 1 aliphatic carbocycles. The number of alkyl halides is 3. The minimum atomic E-state index is -4.57. The number of aliphatic hydroxyl groups is 1.